The molecular formula is C9H12S2. The van der Waals surface area contributed by atoms with E-state index in [1.54, 1.807) is 0 Å². The second kappa shape index (κ2) is 4.07. The molecule has 0 unspecified atom stereocenters. The van der Waals surface area contributed by atoms with E-state index in [0.29, 0.717) is 0 Å². The van der Waals surface area contributed by atoms with Crippen molar-refractivity contribution in [3.05, 3.63) is 23.8 Å². The molecule has 0 aliphatic carbocycles. The van der Waals surface area contributed by atoms with Gasteiger partial charge >= 0.3 is 0 Å². The van der Waals surface area contributed by atoms with Gasteiger partial charge in [-0.1, -0.05) is 13.0 Å². The Morgan fingerprint density at radius 1 is 1.45 bits per heavy atom. The normalized spacial score (nSPS) is 10.1. The molecule has 1 aromatic rings. The highest BCUT2D eigenvalue weighted by Crippen LogP contribution is 2.26. The maximum atomic E-state index is 4.36. The van der Waals surface area contributed by atoms with E-state index in [-0.39, 0.29) is 0 Å². The van der Waals surface area contributed by atoms with Crippen molar-refractivity contribution in [3.63, 3.8) is 0 Å². The Labute approximate surface area is 77.8 Å². The third kappa shape index (κ3) is 2.46. The summed E-state index contributed by atoms with van der Waals surface area (Å²) < 4.78 is 0. The zero-order valence-electron chi connectivity index (χ0n) is 6.79. The predicted octanol–water partition coefficient (Wildman–Crippen LogP) is 3.40. The monoisotopic (exact) mass is 184 g/mol. The van der Waals surface area contributed by atoms with Gasteiger partial charge in [0.1, 0.15) is 0 Å². The van der Waals surface area contributed by atoms with E-state index >= 15 is 0 Å². The molecule has 60 valence electrons. The molecule has 0 aliphatic heterocycles. The van der Waals surface area contributed by atoms with Crippen molar-refractivity contribution >= 4 is 24.4 Å². The molecule has 0 saturated carbocycles. The van der Waals surface area contributed by atoms with Crippen molar-refractivity contribution < 1.29 is 0 Å². The molecule has 0 amide bonds. The summed E-state index contributed by atoms with van der Waals surface area (Å²) in [5.74, 6) is 1.11. The van der Waals surface area contributed by atoms with Gasteiger partial charge in [-0.25, -0.2) is 0 Å². The third-order valence-electron chi connectivity index (χ3n) is 1.42. The standard InChI is InChI=1S/C9H12S2/c1-3-11-9-6-7(2)4-5-8(9)10/h4-6,10H,3H2,1-2H3. The highest BCUT2D eigenvalue weighted by molar-refractivity contribution is 7.99. The highest BCUT2D eigenvalue weighted by Gasteiger charge is 1.97. The highest BCUT2D eigenvalue weighted by atomic mass is 32.2. The van der Waals surface area contributed by atoms with E-state index in [1.165, 1.54) is 10.5 Å². The van der Waals surface area contributed by atoms with E-state index in [2.05, 4.69) is 44.7 Å². The number of rotatable bonds is 2. The van der Waals surface area contributed by atoms with Crippen molar-refractivity contribution in [2.24, 2.45) is 0 Å². The van der Waals surface area contributed by atoms with Crippen LogP contribution in [0.5, 0.6) is 0 Å². The van der Waals surface area contributed by atoms with Gasteiger partial charge in [0.15, 0.2) is 0 Å². The largest absolute Gasteiger partial charge is 0.142 e. The van der Waals surface area contributed by atoms with E-state index in [9.17, 15) is 0 Å². The Kier molecular flexibility index (Phi) is 3.34. The molecular weight excluding hydrogens is 172 g/mol. The fourth-order valence-corrected chi connectivity index (χ4v) is 2.02. The zero-order chi connectivity index (χ0) is 8.27. The van der Waals surface area contributed by atoms with Crippen LogP contribution in [-0.2, 0) is 0 Å². The van der Waals surface area contributed by atoms with Crippen LogP contribution in [0.4, 0.5) is 0 Å². The molecule has 2 heteroatoms. The number of thiol groups is 1. The molecule has 0 heterocycles. The predicted molar refractivity (Wildman–Crippen MR) is 54.8 cm³/mol. The van der Waals surface area contributed by atoms with Gasteiger partial charge in [0.05, 0.1) is 0 Å². The van der Waals surface area contributed by atoms with Crippen LogP contribution in [0.15, 0.2) is 28.0 Å². The van der Waals surface area contributed by atoms with Gasteiger partial charge in [-0.15, -0.1) is 24.4 Å². The number of hydrogen-bond acceptors (Lipinski definition) is 2. The van der Waals surface area contributed by atoms with Crippen molar-refractivity contribution in [1.82, 2.24) is 0 Å². The average molecular weight is 184 g/mol. The molecule has 1 aromatic carbocycles. The van der Waals surface area contributed by atoms with Crippen LogP contribution < -0.4 is 0 Å². The molecule has 0 atom stereocenters. The summed E-state index contributed by atoms with van der Waals surface area (Å²) in [5.41, 5.74) is 1.30. The maximum absolute atomic E-state index is 4.36. The van der Waals surface area contributed by atoms with Crippen LogP contribution in [0.1, 0.15) is 12.5 Å². The lowest BCUT2D eigenvalue weighted by Crippen LogP contribution is -1.78. The number of aryl methyl sites for hydroxylation is 1. The van der Waals surface area contributed by atoms with E-state index < -0.39 is 0 Å². The molecule has 0 spiro atoms. The summed E-state index contributed by atoms with van der Waals surface area (Å²) in [6.07, 6.45) is 0. The van der Waals surface area contributed by atoms with E-state index in [0.717, 1.165) is 10.6 Å². The molecule has 0 saturated heterocycles. The first-order chi connectivity index (χ1) is 5.24. The Balaban J connectivity index is 2.93. The van der Waals surface area contributed by atoms with Crippen LogP contribution in [0, 0.1) is 6.92 Å². The minimum atomic E-state index is 1.09. The lowest BCUT2D eigenvalue weighted by atomic mass is 10.2. The van der Waals surface area contributed by atoms with Gasteiger partial charge in [-0.05, 0) is 30.4 Å². The molecule has 0 aliphatic rings. The zero-order valence-corrected chi connectivity index (χ0v) is 8.51. The van der Waals surface area contributed by atoms with Gasteiger partial charge < -0.3 is 0 Å². The maximum Gasteiger partial charge on any atom is 0.0208 e. The lowest BCUT2D eigenvalue weighted by molar-refractivity contribution is 1.22. The first-order valence-electron chi connectivity index (χ1n) is 3.66. The van der Waals surface area contributed by atoms with E-state index in [4.69, 9.17) is 0 Å². The molecule has 0 fully saturated rings. The third-order valence-corrected chi connectivity index (χ3v) is 2.89. The molecule has 11 heavy (non-hydrogen) atoms. The quantitative estimate of drug-likeness (QED) is 0.543. The van der Waals surface area contributed by atoms with Crippen molar-refractivity contribution in [3.8, 4) is 0 Å². The number of thioether (sulfide) groups is 1. The summed E-state index contributed by atoms with van der Waals surface area (Å²) >= 11 is 6.20. The molecule has 0 N–H and O–H groups in total. The summed E-state index contributed by atoms with van der Waals surface area (Å²) in [6.45, 7) is 4.26. The fraction of sp³-hybridized carbons (Fsp3) is 0.333. The van der Waals surface area contributed by atoms with Gasteiger partial charge in [-0.3, -0.25) is 0 Å². The first kappa shape index (κ1) is 9.01. The molecule has 0 nitrogen and oxygen atoms in total. The Morgan fingerprint density at radius 2 is 2.18 bits per heavy atom. The Hall–Kier alpha value is -0.0800. The topological polar surface area (TPSA) is 0 Å². The van der Waals surface area contributed by atoms with Crippen LogP contribution in [-0.4, -0.2) is 5.75 Å². The minimum absolute atomic E-state index is 1.09. The summed E-state index contributed by atoms with van der Waals surface area (Å²) in [5, 5.41) is 0. The Morgan fingerprint density at radius 3 is 2.82 bits per heavy atom. The van der Waals surface area contributed by atoms with Crippen molar-refractivity contribution in [2.75, 3.05) is 5.75 Å². The van der Waals surface area contributed by atoms with Gasteiger partial charge in [0.2, 0.25) is 0 Å². The fourth-order valence-electron chi connectivity index (χ4n) is 0.892. The number of hydrogen-bond donors (Lipinski definition) is 1. The summed E-state index contributed by atoms with van der Waals surface area (Å²) in [7, 11) is 0. The van der Waals surface area contributed by atoms with Crippen LogP contribution in [0.25, 0.3) is 0 Å². The van der Waals surface area contributed by atoms with Crippen LogP contribution in [0.2, 0.25) is 0 Å². The average Bonchev–Trinajstić information content (AvgIpc) is 1.98. The SMILES string of the molecule is CCSc1cc(C)ccc1S. The second-order valence-electron chi connectivity index (χ2n) is 2.40. The number of benzene rings is 1. The molecule has 0 radical (unpaired) electrons. The van der Waals surface area contributed by atoms with Crippen molar-refractivity contribution in [2.45, 2.75) is 23.6 Å². The molecule has 0 bridgehead atoms. The Bertz CT molecular complexity index is 243. The molecule has 1 rings (SSSR count). The van der Waals surface area contributed by atoms with Crippen LogP contribution >= 0.6 is 24.4 Å². The van der Waals surface area contributed by atoms with Gasteiger partial charge in [0.25, 0.3) is 0 Å². The molecule has 0 aromatic heterocycles. The smallest absolute Gasteiger partial charge is 0.0208 e. The van der Waals surface area contributed by atoms with E-state index in [1.807, 2.05) is 11.8 Å². The first-order valence-corrected chi connectivity index (χ1v) is 5.09. The second-order valence-corrected chi connectivity index (χ2v) is 4.19. The minimum Gasteiger partial charge on any atom is -0.142 e. The summed E-state index contributed by atoms with van der Waals surface area (Å²) in [6, 6.07) is 6.31. The van der Waals surface area contributed by atoms with Crippen LogP contribution in [0.3, 0.4) is 0 Å². The van der Waals surface area contributed by atoms with Gasteiger partial charge in [-0.2, -0.15) is 0 Å². The summed E-state index contributed by atoms with van der Waals surface area (Å²) in [4.78, 5) is 2.37. The van der Waals surface area contributed by atoms with Gasteiger partial charge in [0, 0.05) is 9.79 Å². The lowest BCUT2D eigenvalue weighted by Gasteiger charge is -2.03. The van der Waals surface area contributed by atoms with Crippen molar-refractivity contribution in [1.29, 1.82) is 0 Å².